The molecule has 1 aromatic carbocycles. The summed E-state index contributed by atoms with van der Waals surface area (Å²) in [4.78, 5) is 4.38. The summed E-state index contributed by atoms with van der Waals surface area (Å²) in [6, 6.07) is 3.19. The fourth-order valence-corrected chi connectivity index (χ4v) is 2.63. The Morgan fingerprint density at radius 1 is 1.53 bits per heavy atom. The fourth-order valence-electron chi connectivity index (χ4n) is 2.03. The SMILES string of the molecule is Cc1cc2c(cc1F)nc(C(C)Cl)n2CCS(C)=O. The molecule has 1 heterocycles. The molecule has 0 fully saturated rings. The second-order valence-electron chi connectivity index (χ2n) is 4.61. The van der Waals surface area contributed by atoms with Crippen LogP contribution in [0.3, 0.4) is 0 Å². The molecule has 104 valence electrons. The van der Waals surface area contributed by atoms with E-state index in [0.29, 0.717) is 29.2 Å². The summed E-state index contributed by atoms with van der Waals surface area (Å²) >= 11 is 6.12. The van der Waals surface area contributed by atoms with Gasteiger partial charge in [0.2, 0.25) is 0 Å². The lowest BCUT2D eigenvalue weighted by molar-refractivity contribution is 0.620. The van der Waals surface area contributed by atoms with Crippen molar-refractivity contribution >= 4 is 33.4 Å². The smallest absolute Gasteiger partial charge is 0.128 e. The lowest BCUT2D eigenvalue weighted by atomic mass is 10.2. The number of hydrogen-bond donors (Lipinski definition) is 0. The first-order valence-corrected chi connectivity index (χ1v) is 8.17. The molecule has 0 aliphatic rings. The highest BCUT2D eigenvalue weighted by atomic mass is 35.5. The summed E-state index contributed by atoms with van der Waals surface area (Å²) in [5.74, 6) is 0.940. The van der Waals surface area contributed by atoms with Crippen molar-refractivity contribution in [2.45, 2.75) is 25.8 Å². The highest BCUT2D eigenvalue weighted by Gasteiger charge is 2.16. The summed E-state index contributed by atoms with van der Waals surface area (Å²) in [5, 5.41) is -0.277. The second-order valence-corrected chi connectivity index (χ2v) is 6.81. The van der Waals surface area contributed by atoms with Gasteiger partial charge in [0.05, 0.1) is 16.4 Å². The molecular weight excluding hydrogens is 287 g/mol. The van der Waals surface area contributed by atoms with Gasteiger partial charge in [0.15, 0.2) is 0 Å². The number of hydrogen-bond acceptors (Lipinski definition) is 2. The Bertz CT molecular complexity index is 639. The van der Waals surface area contributed by atoms with Crippen molar-refractivity contribution in [2.75, 3.05) is 12.0 Å². The molecule has 2 aromatic rings. The maximum atomic E-state index is 13.6. The molecule has 0 saturated carbocycles. The highest BCUT2D eigenvalue weighted by Crippen LogP contribution is 2.26. The molecule has 0 radical (unpaired) electrons. The number of rotatable bonds is 4. The Labute approximate surface area is 119 Å². The van der Waals surface area contributed by atoms with Crippen LogP contribution in [0.25, 0.3) is 11.0 Å². The first-order valence-electron chi connectivity index (χ1n) is 6.00. The Morgan fingerprint density at radius 2 is 2.21 bits per heavy atom. The van der Waals surface area contributed by atoms with E-state index in [1.54, 1.807) is 19.2 Å². The van der Waals surface area contributed by atoms with Crippen LogP contribution in [0, 0.1) is 12.7 Å². The molecule has 1 aromatic heterocycles. The third-order valence-electron chi connectivity index (χ3n) is 3.02. The van der Waals surface area contributed by atoms with Crippen molar-refractivity contribution < 1.29 is 8.60 Å². The number of nitrogens with zero attached hydrogens (tertiary/aromatic N) is 2. The average Bonchev–Trinajstić information content (AvgIpc) is 2.65. The zero-order valence-corrected chi connectivity index (χ0v) is 12.7. The topological polar surface area (TPSA) is 34.9 Å². The number of imidazole rings is 1. The van der Waals surface area contributed by atoms with E-state index in [1.165, 1.54) is 6.07 Å². The van der Waals surface area contributed by atoms with Crippen molar-refractivity contribution in [1.29, 1.82) is 0 Å². The van der Waals surface area contributed by atoms with Crippen LogP contribution >= 0.6 is 11.6 Å². The van der Waals surface area contributed by atoms with Crippen molar-refractivity contribution in [1.82, 2.24) is 9.55 Å². The number of benzene rings is 1. The molecular formula is C13H16ClFN2OS. The molecule has 0 bridgehead atoms. The van der Waals surface area contributed by atoms with Crippen LogP contribution in [-0.2, 0) is 17.3 Å². The van der Waals surface area contributed by atoms with Gasteiger partial charge in [-0.2, -0.15) is 0 Å². The van der Waals surface area contributed by atoms with Crippen LogP contribution in [0.5, 0.6) is 0 Å². The molecule has 2 rings (SSSR count). The van der Waals surface area contributed by atoms with Crippen molar-refractivity contribution in [3.8, 4) is 0 Å². The van der Waals surface area contributed by atoms with E-state index < -0.39 is 10.8 Å². The summed E-state index contributed by atoms with van der Waals surface area (Å²) < 4.78 is 26.8. The van der Waals surface area contributed by atoms with Gasteiger partial charge >= 0.3 is 0 Å². The molecule has 2 atom stereocenters. The standard InChI is InChI=1S/C13H16ClFN2OS/c1-8-6-12-11(7-10(8)15)16-13(9(2)14)17(12)4-5-19(3)18/h6-7,9H,4-5H2,1-3H3. The van der Waals surface area contributed by atoms with E-state index >= 15 is 0 Å². The summed E-state index contributed by atoms with van der Waals surface area (Å²) in [6.45, 7) is 4.11. The predicted molar refractivity (Wildman–Crippen MR) is 77.6 cm³/mol. The van der Waals surface area contributed by atoms with Crippen molar-refractivity contribution in [2.24, 2.45) is 0 Å². The second kappa shape index (κ2) is 5.59. The zero-order valence-electron chi connectivity index (χ0n) is 11.1. The molecule has 6 heteroatoms. The first kappa shape index (κ1) is 14.5. The van der Waals surface area contributed by atoms with E-state index in [9.17, 15) is 8.60 Å². The minimum absolute atomic E-state index is 0.273. The largest absolute Gasteiger partial charge is 0.326 e. The Kier molecular flexibility index (Phi) is 4.26. The Morgan fingerprint density at radius 3 is 2.79 bits per heavy atom. The van der Waals surface area contributed by atoms with E-state index in [2.05, 4.69) is 4.98 Å². The van der Waals surface area contributed by atoms with Gasteiger partial charge in [0.25, 0.3) is 0 Å². The third-order valence-corrected chi connectivity index (χ3v) is 3.97. The van der Waals surface area contributed by atoms with Gasteiger partial charge in [-0.1, -0.05) is 0 Å². The molecule has 0 aliphatic carbocycles. The number of halogens is 2. The Balaban J connectivity index is 2.58. The van der Waals surface area contributed by atoms with Gasteiger partial charge in [0, 0.05) is 35.4 Å². The number of aryl methyl sites for hydroxylation is 2. The molecule has 2 unspecified atom stereocenters. The average molecular weight is 303 g/mol. The normalized spacial score (nSPS) is 14.8. The molecule has 0 N–H and O–H groups in total. The van der Waals surface area contributed by atoms with Crippen LogP contribution in [0.15, 0.2) is 12.1 Å². The van der Waals surface area contributed by atoms with Crippen LogP contribution < -0.4 is 0 Å². The summed E-state index contributed by atoms with van der Waals surface area (Å²) in [5.41, 5.74) is 2.00. The van der Waals surface area contributed by atoms with Gasteiger partial charge in [-0.25, -0.2) is 9.37 Å². The van der Waals surface area contributed by atoms with Gasteiger partial charge in [-0.3, -0.25) is 4.21 Å². The van der Waals surface area contributed by atoms with Crippen molar-refractivity contribution in [3.05, 3.63) is 29.3 Å². The highest BCUT2D eigenvalue weighted by molar-refractivity contribution is 7.84. The van der Waals surface area contributed by atoms with Crippen molar-refractivity contribution in [3.63, 3.8) is 0 Å². The van der Waals surface area contributed by atoms with Gasteiger partial charge in [-0.15, -0.1) is 11.6 Å². The van der Waals surface area contributed by atoms with Gasteiger partial charge < -0.3 is 4.57 Å². The molecule has 0 aliphatic heterocycles. The van der Waals surface area contributed by atoms with Crippen LogP contribution in [0.2, 0.25) is 0 Å². The lowest BCUT2D eigenvalue weighted by Crippen LogP contribution is -2.10. The molecule has 19 heavy (non-hydrogen) atoms. The zero-order chi connectivity index (χ0) is 14.2. The van der Waals surface area contributed by atoms with Gasteiger partial charge in [-0.05, 0) is 25.5 Å². The summed E-state index contributed by atoms with van der Waals surface area (Å²) in [6.07, 6.45) is 1.66. The molecule has 0 saturated heterocycles. The van der Waals surface area contributed by atoms with E-state index in [-0.39, 0.29) is 11.2 Å². The Hall–Kier alpha value is -0.940. The van der Waals surface area contributed by atoms with Gasteiger partial charge in [0.1, 0.15) is 11.6 Å². The maximum absolute atomic E-state index is 13.6. The van der Waals surface area contributed by atoms with Crippen LogP contribution in [-0.4, -0.2) is 25.8 Å². The first-order chi connectivity index (χ1) is 8.90. The minimum Gasteiger partial charge on any atom is -0.326 e. The maximum Gasteiger partial charge on any atom is 0.128 e. The lowest BCUT2D eigenvalue weighted by Gasteiger charge is -2.09. The quantitative estimate of drug-likeness (QED) is 0.813. The molecule has 0 spiro atoms. The third kappa shape index (κ3) is 2.98. The molecule has 0 amide bonds. The predicted octanol–water partition coefficient (Wildman–Crippen LogP) is 3.16. The minimum atomic E-state index is -0.890. The number of fused-ring (bicyclic) bond motifs is 1. The summed E-state index contributed by atoms with van der Waals surface area (Å²) in [7, 11) is -0.890. The fraction of sp³-hybridized carbons (Fsp3) is 0.462. The monoisotopic (exact) mass is 302 g/mol. The van der Waals surface area contributed by atoms with E-state index in [4.69, 9.17) is 11.6 Å². The van der Waals surface area contributed by atoms with Crippen LogP contribution in [0.4, 0.5) is 4.39 Å². The molecule has 3 nitrogen and oxygen atoms in total. The van der Waals surface area contributed by atoms with E-state index in [1.807, 2.05) is 11.5 Å². The number of alkyl halides is 1. The van der Waals surface area contributed by atoms with Crippen LogP contribution in [0.1, 0.15) is 23.7 Å². The number of aromatic nitrogens is 2. The van der Waals surface area contributed by atoms with E-state index in [0.717, 1.165) is 5.52 Å².